The lowest BCUT2D eigenvalue weighted by molar-refractivity contribution is 0.281. The molecule has 0 aliphatic rings. The topological polar surface area (TPSA) is 40.1 Å². The first-order valence-corrected chi connectivity index (χ1v) is 8.03. The molecule has 132 valence electrons. The zero-order chi connectivity index (χ0) is 16.2. The summed E-state index contributed by atoms with van der Waals surface area (Å²) in [6, 6.07) is 9.89. The average Bonchev–Trinajstić information content (AvgIpc) is 2.54. The molecule has 1 aromatic rings. The van der Waals surface area contributed by atoms with Crippen LogP contribution in [0.4, 0.5) is 0 Å². The molecule has 0 aromatic heterocycles. The normalized spacial score (nSPS) is 11.1. The van der Waals surface area contributed by atoms with Crippen molar-refractivity contribution in [2.75, 3.05) is 53.4 Å². The van der Waals surface area contributed by atoms with Crippen LogP contribution in [-0.2, 0) is 0 Å². The number of aliphatic imine (C=N–C) groups is 1. The van der Waals surface area contributed by atoms with Crippen molar-refractivity contribution < 1.29 is 4.74 Å². The molecule has 1 aromatic carbocycles. The molecule has 6 heteroatoms. The van der Waals surface area contributed by atoms with Crippen molar-refractivity contribution in [1.29, 1.82) is 0 Å². The third kappa shape index (κ3) is 9.65. The smallest absolute Gasteiger partial charge is 0.193 e. The summed E-state index contributed by atoms with van der Waals surface area (Å²) in [5.41, 5.74) is 0. The minimum Gasteiger partial charge on any atom is -0.492 e. The van der Waals surface area contributed by atoms with Gasteiger partial charge in [-0.15, -0.1) is 24.0 Å². The Kier molecular flexibility index (Phi) is 12.8. The van der Waals surface area contributed by atoms with E-state index in [0.29, 0.717) is 6.61 Å². The van der Waals surface area contributed by atoms with Crippen LogP contribution in [0.25, 0.3) is 0 Å². The van der Waals surface area contributed by atoms with Crippen molar-refractivity contribution in [2.45, 2.75) is 13.8 Å². The Morgan fingerprint density at radius 1 is 1.13 bits per heavy atom. The number of ether oxygens (including phenoxy) is 1. The first-order valence-electron chi connectivity index (χ1n) is 8.03. The Balaban J connectivity index is 0.00000484. The summed E-state index contributed by atoms with van der Waals surface area (Å²) < 4.78 is 5.73. The van der Waals surface area contributed by atoms with Crippen LogP contribution in [0.3, 0.4) is 0 Å². The maximum atomic E-state index is 5.73. The van der Waals surface area contributed by atoms with Gasteiger partial charge in [0, 0.05) is 20.1 Å². The van der Waals surface area contributed by atoms with Crippen LogP contribution in [0.2, 0.25) is 0 Å². The summed E-state index contributed by atoms with van der Waals surface area (Å²) in [7, 11) is 4.15. The number of nitrogens with zero attached hydrogens (tertiary/aromatic N) is 3. The van der Waals surface area contributed by atoms with Crippen LogP contribution in [0.15, 0.2) is 35.3 Å². The van der Waals surface area contributed by atoms with Gasteiger partial charge < -0.3 is 19.9 Å². The number of nitrogens with one attached hydrogen (secondary N) is 1. The number of para-hydroxylation sites is 1. The largest absolute Gasteiger partial charge is 0.492 e. The molecule has 0 bridgehead atoms. The second kappa shape index (κ2) is 13.4. The van der Waals surface area contributed by atoms with Gasteiger partial charge in [-0.3, -0.25) is 4.99 Å². The number of benzene rings is 1. The zero-order valence-corrected chi connectivity index (χ0v) is 17.1. The van der Waals surface area contributed by atoms with Crippen LogP contribution < -0.4 is 10.1 Å². The van der Waals surface area contributed by atoms with Crippen molar-refractivity contribution >= 4 is 29.9 Å². The summed E-state index contributed by atoms with van der Waals surface area (Å²) in [6.45, 7) is 9.36. The van der Waals surface area contributed by atoms with Gasteiger partial charge in [0.2, 0.25) is 0 Å². The van der Waals surface area contributed by atoms with E-state index in [2.05, 4.69) is 41.0 Å². The Bertz CT molecular complexity index is 428. The molecule has 23 heavy (non-hydrogen) atoms. The van der Waals surface area contributed by atoms with E-state index in [1.165, 1.54) is 0 Å². The molecule has 0 radical (unpaired) electrons. The summed E-state index contributed by atoms with van der Waals surface area (Å²) in [5.74, 6) is 1.84. The van der Waals surface area contributed by atoms with E-state index in [9.17, 15) is 0 Å². The van der Waals surface area contributed by atoms with Gasteiger partial charge in [-0.25, -0.2) is 0 Å². The van der Waals surface area contributed by atoms with Crippen molar-refractivity contribution in [3.63, 3.8) is 0 Å². The van der Waals surface area contributed by atoms with Crippen LogP contribution in [0, 0.1) is 0 Å². The van der Waals surface area contributed by atoms with Gasteiger partial charge in [-0.05, 0) is 32.6 Å². The van der Waals surface area contributed by atoms with Crippen molar-refractivity contribution in [3.8, 4) is 5.75 Å². The van der Waals surface area contributed by atoms with Gasteiger partial charge in [-0.2, -0.15) is 0 Å². The fourth-order valence-corrected chi connectivity index (χ4v) is 1.88. The van der Waals surface area contributed by atoms with E-state index >= 15 is 0 Å². The van der Waals surface area contributed by atoms with Gasteiger partial charge in [0.15, 0.2) is 5.96 Å². The number of likely N-dealkylation sites (N-methyl/N-ethyl adjacent to an activating group) is 2. The van der Waals surface area contributed by atoms with Crippen molar-refractivity contribution in [2.24, 2.45) is 4.99 Å². The van der Waals surface area contributed by atoms with Crippen molar-refractivity contribution in [3.05, 3.63) is 30.3 Å². The molecule has 0 aliphatic carbocycles. The molecule has 0 fully saturated rings. The van der Waals surface area contributed by atoms with E-state index in [0.717, 1.165) is 44.4 Å². The fraction of sp³-hybridized carbons (Fsp3) is 0.588. The molecule has 1 rings (SSSR count). The van der Waals surface area contributed by atoms with E-state index in [1.54, 1.807) is 0 Å². The number of hydrogen-bond acceptors (Lipinski definition) is 3. The van der Waals surface area contributed by atoms with Crippen molar-refractivity contribution in [1.82, 2.24) is 15.1 Å². The summed E-state index contributed by atoms with van der Waals surface area (Å²) in [6.07, 6.45) is 0. The highest BCUT2D eigenvalue weighted by molar-refractivity contribution is 14.0. The summed E-state index contributed by atoms with van der Waals surface area (Å²) >= 11 is 0. The van der Waals surface area contributed by atoms with Crippen LogP contribution in [-0.4, -0.2) is 69.2 Å². The molecule has 0 atom stereocenters. The molecule has 0 heterocycles. The highest BCUT2D eigenvalue weighted by Crippen LogP contribution is 2.07. The van der Waals surface area contributed by atoms with Gasteiger partial charge in [0.05, 0.1) is 13.1 Å². The highest BCUT2D eigenvalue weighted by atomic mass is 127. The Labute approximate surface area is 158 Å². The first-order chi connectivity index (χ1) is 10.7. The lowest BCUT2D eigenvalue weighted by atomic mass is 10.3. The monoisotopic (exact) mass is 434 g/mol. The molecule has 0 saturated heterocycles. The Hall–Kier alpha value is -1.02. The van der Waals surface area contributed by atoms with Crippen LogP contribution in [0.5, 0.6) is 5.75 Å². The predicted molar refractivity (Wildman–Crippen MR) is 109 cm³/mol. The Morgan fingerprint density at radius 3 is 2.43 bits per heavy atom. The SMILES string of the molecule is CCNC(=NCCN(C)CC)N(C)CCOc1ccccc1.I. The van der Waals surface area contributed by atoms with Gasteiger partial charge in [0.1, 0.15) is 12.4 Å². The average molecular weight is 434 g/mol. The molecule has 1 N–H and O–H groups in total. The predicted octanol–water partition coefficient (Wildman–Crippen LogP) is 2.53. The third-order valence-corrected chi connectivity index (χ3v) is 3.42. The Morgan fingerprint density at radius 2 is 1.83 bits per heavy atom. The summed E-state index contributed by atoms with van der Waals surface area (Å²) in [4.78, 5) is 9.03. The standard InChI is InChI=1S/C17H30N4O.HI/c1-5-18-17(19-12-13-20(3)6-2)21(4)14-15-22-16-10-8-7-9-11-16;/h7-11H,5-6,12-15H2,1-4H3,(H,18,19);1H. The highest BCUT2D eigenvalue weighted by Gasteiger charge is 2.05. The molecule has 0 unspecified atom stereocenters. The second-order valence-electron chi connectivity index (χ2n) is 5.21. The number of guanidine groups is 1. The lowest BCUT2D eigenvalue weighted by Gasteiger charge is -2.22. The molecule has 0 spiro atoms. The van der Waals surface area contributed by atoms with Crippen LogP contribution >= 0.6 is 24.0 Å². The van der Waals surface area contributed by atoms with Gasteiger partial charge >= 0.3 is 0 Å². The van der Waals surface area contributed by atoms with E-state index in [4.69, 9.17) is 4.74 Å². The second-order valence-corrected chi connectivity index (χ2v) is 5.21. The molecular weight excluding hydrogens is 403 g/mol. The van der Waals surface area contributed by atoms with E-state index in [1.807, 2.05) is 37.4 Å². The maximum Gasteiger partial charge on any atom is 0.193 e. The van der Waals surface area contributed by atoms with E-state index in [-0.39, 0.29) is 24.0 Å². The number of hydrogen-bond donors (Lipinski definition) is 1. The number of halogens is 1. The minimum absolute atomic E-state index is 0. The molecule has 5 nitrogen and oxygen atoms in total. The lowest BCUT2D eigenvalue weighted by Crippen LogP contribution is -2.41. The fourth-order valence-electron chi connectivity index (χ4n) is 1.88. The molecule has 0 aliphatic heterocycles. The zero-order valence-electron chi connectivity index (χ0n) is 14.8. The minimum atomic E-state index is 0. The third-order valence-electron chi connectivity index (χ3n) is 3.42. The molecular formula is C17H31IN4O. The van der Waals surface area contributed by atoms with Gasteiger partial charge in [0.25, 0.3) is 0 Å². The quantitative estimate of drug-likeness (QED) is 0.369. The summed E-state index contributed by atoms with van der Waals surface area (Å²) in [5, 5.41) is 3.32. The first kappa shape index (κ1) is 22.0. The van der Waals surface area contributed by atoms with Crippen LogP contribution in [0.1, 0.15) is 13.8 Å². The maximum absolute atomic E-state index is 5.73. The molecule has 0 saturated carbocycles. The number of rotatable bonds is 9. The molecule has 0 amide bonds. The van der Waals surface area contributed by atoms with Gasteiger partial charge in [-0.1, -0.05) is 25.1 Å². The van der Waals surface area contributed by atoms with E-state index < -0.39 is 0 Å².